The van der Waals surface area contributed by atoms with E-state index in [1.54, 1.807) is 13.2 Å². The zero-order valence-electron chi connectivity index (χ0n) is 11.9. The summed E-state index contributed by atoms with van der Waals surface area (Å²) in [6.45, 7) is 6.60. The molecule has 0 spiro atoms. The minimum Gasteiger partial charge on any atom is -0.369 e. The molecule has 0 aliphatic carbocycles. The molecule has 0 bridgehead atoms. The zero-order valence-corrected chi connectivity index (χ0v) is 13.5. The number of rotatable bonds is 3. The molecule has 1 aromatic rings. The summed E-state index contributed by atoms with van der Waals surface area (Å²) in [5, 5.41) is 4.14. The lowest BCUT2D eigenvalue weighted by atomic mass is 9.78. The van der Waals surface area contributed by atoms with Crippen molar-refractivity contribution in [2.45, 2.75) is 39.5 Å². The summed E-state index contributed by atoms with van der Waals surface area (Å²) in [5.74, 6) is 0. The molecule has 1 fully saturated rings. The van der Waals surface area contributed by atoms with Gasteiger partial charge in [0.2, 0.25) is 0 Å². The average Bonchev–Trinajstić information content (AvgIpc) is 2.36. The van der Waals surface area contributed by atoms with Crippen LogP contribution in [-0.2, 0) is 7.05 Å². The Bertz CT molecular complexity index is 510. The van der Waals surface area contributed by atoms with Gasteiger partial charge in [-0.25, -0.2) is 4.68 Å². The first-order valence-corrected chi connectivity index (χ1v) is 7.73. The largest absolute Gasteiger partial charge is 0.369 e. The predicted octanol–water partition coefficient (Wildman–Crippen LogP) is 2.95. The Morgan fingerprint density at radius 3 is 2.95 bits per heavy atom. The summed E-state index contributed by atoms with van der Waals surface area (Å²) in [5.41, 5.74) is 1.22. The Hall–Kier alpha value is -0.840. The molecule has 1 unspecified atom stereocenters. The van der Waals surface area contributed by atoms with E-state index in [4.69, 9.17) is 0 Å². The number of aryl methyl sites for hydroxylation is 1. The standard InChI is InChI=1S/C14H22BrN3O/c1-4-6-14(2)7-5-8-18(10-14)11-9-16-17(3)13(19)12(11)15/h9H,4-8,10H2,1-3H3. The lowest BCUT2D eigenvalue weighted by Crippen LogP contribution is -2.42. The average molecular weight is 328 g/mol. The van der Waals surface area contributed by atoms with Crippen LogP contribution in [0.1, 0.15) is 39.5 Å². The smallest absolute Gasteiger partial charge is 0.282 e. The van der Waals surface area contributed by atoms with E-state index in [9.17, 15) is 4.79 Å². The van der Waals surface area contributed by atoms with Crippen molar-refractivity contribution in [3.63, 3.8) is 0 Å². The number of hydrogen-bond donors (Lipinski definition) is 0. The van der Waals surface area contributed by atoms with Crippen molar-refractivity contribution in [3.8, 4) is 0 Å². The summed E-state index contributed by atoms with van der Waals surface area (Å²) in [7, 11) is 1.67. The van der Waals surface area contributed by atoms with Crippen LogP contribution in [-0.4, -0.2) is 22.9 Å². The molecule has 5 heteroatoms. The van der Waals surface area contributed by atoms with E-state index in [1.165, 1.54) is 30.4 Å². The molecule has 1 aliphatic heterocycles. The molecular weight excluding hydrogens is 306 g/mol. The first-order valence-electron chi connectivity index (χ1n) is 6.93. The van der Waals surface area contributed by atoms with Crippen LogP contribution in [0.3, 0.4) is 0 Å². The van der Waals surface area contributed by atoms with E-state index in [2.05, 4.69) is 39.8 Å². The van der Waals surface area contributed by atoms with E-state index in [0.29, 0.717) is 9.89 Å². The highest BCUT2D eigenvalue weighted by Gasteiger charge is 2.31. The van der Waals surface area contributed by atoms with E-state index in [1.807, 2.05) is 0 Å². The van der Waals surface area contributed by atoms with Gasteiger partial charge in [-0.05, 0) is 40.6 Å². The first kappa shape index (κ1) is 14.6. The van der Waals surface area contributed by atoms with Gasteiger partial charge in [-0.3, -0.25) is 4.79 Å². The number of nitrogens with zero attached hydrogens (tertiary/aromatic N) is 3. The zero-order chi connectivity index (χ0) is 14.0. The van der Waals surface area contributed by atoms with Crippen LogP contribution in [0.4, 0.5) is 5.69 Å². The lowest BCUT2D eigenvalue weighted by Gasteiger charge is -2.41. The fraction of sp³-hybridized carbons (Fsp3) is 0.714. The minimum atomic E-state index is -0.0692. The molecule has 19 heavy (non-hydrogen) atoms. The maximum absolute atomic E-state index is 11.9. The molecule has 106 valence electrons. The monoisotopic (exact) mass is 327 g/mol. The van der Waals surface area contributed by atoms with Crippen molar-refractivity contribution < 1.29 is 0 Å². The highest BCUT2D eigenvalue weighted by Crippen LogP contribution is 2.37. The van der Waals surface area contributed by atoms with Gasteiger partial charge in [0.1, 0.15) is 4.47 Å². The second-order valence-corrected chi connectivity index (χ2v) is 6.65. The second kappa shape index (κ2) is 5.65. The fourth-order valence-corrected chi connectivity index (χ4v) is 3.66. The SMILES string of the molecule is CCCC1(C)CCCN(c2cnn(C)c(=O)c2Br)C1. The van der Waals surface area contributed by atoms with Gasteiger partial charge in [-0.2, -0.15) is 5.10 Å². The molecule has 0 radical (unpaired) electrons. The molecule has 0 aromatic carbocycles. The Morgan fingerprint density at radius 2 is 2.26 bits per heavy atom. The van der Waals surface area contributed by atoms with E-state index in [0.717, 1.165) is 18.8 Å². The topological polar surface area (TPSA) is 38.1 Å². The highest BCUT2D eigenvalue weighted by molar-refractivity contribution is 9.10. The van der Waals surface area contributed by atoms with Crippen molar-refractivity contribution in [1.82, 2.24) is 9.78 Å². The maximum atomic E-state index is 11.9. The Labute approximate surface area is 122 Å². The normalized spacial score (nSPS) is 23.7. The minimum absolute atomic E-state index is 0.0692. The number of anilines is 1. The van der Waals surface area contributed by atoms with Crippen molar-refractivity contribution in [1.29, 1.82) is 0 Å². The molecule has 1 saturated heterocycles. The van der Waals surface area contributed by atoms with Crippen LogP contribution in [0.15, 0.2) is 15.5 Å². The quantitative estimate of drug-likeness (QED) is 0.856. The van der Waals surface area contributed by atoms with Gasteiger partial charge < -0.3 is 4.90 Å². The van der Waals surface area contributed by atoms with Gasteiger partial charge in [0.05, 0.1) is 11.9 Å². The van der Waals surface area contributed by atoms with Crippen molar-refractivity contribution in [2.75, 3.05) is 18.0 Å². The lowest BCUT2D eigenvalue weighted by molar-refractivity contribution is 0.238. The summed E-state index contributed by atoms with van der Waals surface area (Å²) in [4.78, 5) is 14.2. The summed E-state index contributed by atoms with van der Waals surface area (Å²) in [6.07, 6.45) is 6.69. The summed E-state index contributed by atoms with van der Waals surface area (Å²) >= 11 is 3.43. The van der Waals surface area contributed by atoms with Gasteiger partial charge in [0.15, 0.2) is 0 Å². The second-order valence-electron chi connectivity index (χ2n) is 5.86. The molecule has 2 heterocycles. The number of aromatic nitrogens is 2. The number of halogens is 1. The third-order valence-electron chi connectivity index (χ3n) is 4.03. The van der Waals surface area contributed by atoms with Crippen LogP contribution in [0.2, 0.25) is 0 Å². The molecule has 0 N–H and O–H groups in total. The molecule has 1 atom stereocenters. The molecular formula is C14H22BrN3O. The fourth-order valence-electron chi connectivity index (χ4n) is 3.05. The Morgan fingerprint density at radius 1 is 1.53 bits per heavy atom. The number of hydrogen-bond acceptors (Lipinski definition) is 3. The van der Waals surface area contributed by atoms with Gasteiger partial charge >= 0.3 is 0 Å². The van der Waals surface area contributed by atoms with Crippen LogP contribution < -0.4 is 10.5 Å². The molecule has 0 saturated carbocycles. The van der Waals surface area contributed by atoms with Crippen molar-refractivity contribution >= 4 is 21.6 Å². The maximum Gasteiger partial charge on any atom is 0.282 e. The Balaban J connectivity index is 2.27. The summed E-state index contributed by atoms with van der Waals surface area (Å²) in [6, 6.07) is 0. The van der Waals surface area contributed by atoms with E-state index in [-0.39, 0.29) is 5.56 Å². The molecule has 1 aliphatic rings. The van der Waals surface area contributed by atoms with Crippen molar-refractivity contribution in [3.05, 3.63) is 21.0 Å². The third kappa shape index (κ3) is 3.02. The van der Waals surface area contributed by atoms with Gasteiger partial charge in [0.25, 0.3) is 5.56 Å². The van der Waals surface area contributed by atoms with Gasteiger partial charge in [-0.15, -0.1) is 0 Å². The van der Waals surface area contributed by atoms with E-state index >= 15 is 0 Å². The molecule has 0 amide bonds. The summed E-state index contributed by atoms with van der Waals surface area (Å²) < 4.78 is 1.99. The predicted molar refractivity (Wildman–Crippen MR) is 81.6 cm³/mol. The molecule has 1 aromatic heterocycles. The molecule has 2 rings (SSSR count). The Kier molecular flexibility index (Phi) is 4.33. The molecule has 4 nitrogen and oxygen atoms in total. The van der Waals surface area contributed by atoms with Crippen molar-refractivity contribution in [2.24, 2.45) is 12.5 Å². The van der Waals surface area contributed by atoms with Crippen LogP contribution in [0, 0.1) is 5.41 Å². The first-order chi connectivity index (χ1) is 8.97. The van der Waals surface area contributed by atoms with Gasteiger partial charge in [-0.1, -0.05) is 20.3 Å². The third-order valence-corrected chi connectivity index (χ3v) is 4.78. The number of piperidine rings is 1. The van der Waals surface area contributed by atoms with Gasteiger partial charge in [0, 0.05) is 20.1 Å². The van der Waals surface area contributed by atoms with Crippen LogP contribution >= 0.6 is 15.9 Å². The van der Waals surface area contributed by atoms with E-state index < -0.39 is 0 Å². The van der Waals surface area contributed by atoms with Crippen LogP contribution in [0.5, 0.6) is 0 Å². The highest BCUT2D eigenvalue weighted by atomic mass is 79.9. The van der Waals surface area contributed by atoms with Crippen LogP contribution in [0.25, 0.3) is 0 Å².